The summed E-state index contributed by atoms with van der Waals surface area (Å²) in [6.07, 6.45) is -0.655. The first-order chi connectivity index (χ1) is 20.5. The molecule has 0 unspecified atom stereocenters. The Labute approximate surface area is 252 Å². The Morgan fingerprint density at radius 1 is 1.00 bits per heavy atom. The zero-order chi connectivity index (χ0) is 30.7. The number of nitrogen functional groups attached to an aromatic ring is 1. The van der Waals surface area contributed by atoms with Crippen LogP contribution in [-0.2, 0) is 23.7 Å². The molecular weight excluding hydrogens is 556 g/mol. The molecule has 5 saturated carbocycles. The van der Waals surface area contributed by atoms with Crippen LogP contribution in [0.1, 0.15) is 43.0 Å². The summed E-state index contributed by atoms with van der Waals surface area (Å²) in [5.41, 5.74) is -0.125. The van der Waals surface area contributed by atoms with Crippen LogP contribution in [0.2, 0.25) is 0 Å². The third kappa shape index (κ3) is 3.16. The van der Waals surface area contributed by atoms with Crippen LogP contribution in [0, 0.1) is 28.6 Å². The molecule has 11 heteroatoms. The number of piperidine rings is 1. The molecule has 5 aliphatic carbocycles. The highest BCUT2D eigenvalue weighted by molar-refractivity contribution is 5.95. The Hall–Kier alpha value is -1.83. The number of likely N-dealkylation sites (N-methyl/N-ethyl adjacent to an activating group) is 1. The van der Waals surface area contributed by atoms with Gasteiger partial charge >= 0.3 is 5.97 Å². The normalized spacial score (nSPS) is 51.0. The van der Waals surface area contributed by atoms with Gasteiger partial charge in [0.15, 0.2) is 0 Å². The minimum atomic E-state index is -1.81. The summed E-state index contributed by atoms with van der Waals surface area (Å²) < 4.78 is 30.7. The van der Waals surface area contributed by atoms with Crippen molar-refractivity contribution in [3.8, 4) is 0 Å². The number of nitrogens with zero attached hydrogens (tertiary/aromatic N) is 1. The fraction of sp³-hybridized carbons (Fsp3) is 0.781. The van der Waals surface area contributed by atoms with Crippen molar-refractivity contribution < 1.29 is 43.8 Å². The number of likely N-dealkylation sites (tertiary alicyclic amines) is 1. The van der Waals surface area contributed by atoms with Gasteiger partial charge in [0.25, 0.3) is 0 Å². The van der Waals surface area contributed by atoms with E-state index in [0.29, 0.717) is 43.6 Å². The number of hydrogen-bond acceptors (Lipinski definition) is 11. The SMILES string of the molecule is CCN1C[C@]2(COC(=O)c3ccccc3N)CC[C@H](OC)[C@@]34[C@@H]2[C@H](OC)[C@@](O)([C@@H]13)[C@@]1(O)C[C@H](OC)[C@H]2C[C@]4(O)[C@@H]1[C@H]2OC. The highest BCUT2D eigenvalue weighted by Gasteiger charge is 2.95. The number of esters is 1. The quantitative estimate of drug-likeness (QED) is 0.247. The highest BCUT2D eigenvalue weighted by Crippen LogP contribution is 2.81. The number of benzene rings is 1. The molecule has 0 radical (unpaired) electrons. The lowest BCUT2D eigenvalue weighted by Gasteiger charge is -2.72. The summed E-state index contributed by atoms with van der Waals surface area (Å²) in [7, 11) is 6.42. The fourth-order valence-electron chi connectivity index (χ4n) is 12.0. The van der Waals surface area contributed by atoms with Crippen molar-refractivity contribution in [2.24, 2.45) is 28.6 Å². The summed E-state index contributed by atoms with van der Waals surface area (Å²) in [4.78, 5) is 15.6. The molecule has 5 N–H and O–H groups in total. The largest absolute Gasteiger partial charge is 0.461 e. The van der Waals surface area contributed by atoms with Gasteiger partial charge in [0.2, 0.25) is 0 Å². The molecule has 0 amide bonds. The van der Waals surface area contributed by atoms with Gasteiger partial charge in [0.1, 0.15) is 11.2 Å². The van der Waals surface area contributed by atoms with E-state index in [4.69, 9.17) is 29.4 Å². The van der Waals surface area contributed by atoms with Crippen molar-refractivity contribution in [3.63, 3.8) is 0 Å². The molecular formula is C32H46N2O9. The van der Waals surface area contributed by atoms with Crippen LogP contribution >= 0.6 is 0 Å². The van der Waals surface area contributed by atoms with E-state index in [2.05, 4.69) is 4.90 Å². The van der Waals surface area contributed by atoms with Crippen molar-refractivity contribution in [3.05, 3.63) is 29.8 Å². The Morgan fingerprint density at radius 3 is 2.37 bits per heavy atom. The van der Waals surface area contributed by atoms with Gasteiger partial charge in [-0.1, -0.05) is 19.1 Å². The molecule has 238 valence electrons. The zero-order valence-electron chi connectivity index (χ0n) is 25.7. The minimum absolute atomic E-state index is 0.0409. The average Bonchev–Trinajstić information content (AvgIpc) is 3.37. The molecule has 1 aromatic rings. The van der Waals surface area contributed by atoms with Gasteiger partial charge in [0, 0.05) is 70.3 Å². The standard InChI is InChI=1S/C32H46N2O9/c1-6-34-15-28(16-43-26(35)17-9-7-8-10-19(17)33)12-11-21(40-3)31-24(28)25(42-5)32(38,27(31)34)30(37)14-20(39-2)18-13-29(31,36)23(30)22(18)41-4/h7-10,18,20-25,27,36-38H,6,11-16,33H2,1-5H3/t18-,20+,21+,22+,23+,24-,25+,27+,28+,29+,30-,31-,32-/m1/s1. The lowest BCUT2D eigenvalue weighted by atomic mass is 9.41. The van der Waals surface area contributed by atoms with E-state index in [9.17, 15) is 20.1 Å². The Bertz CT molecular complexity index is 1300. The Balaban J connectivity index is 1.44. The van der Waals surface area contributed by atoms with Crippen LogP contribution in [0.15, 0.2) is 24.3 Å². The van der Waals surface area contributed by atoms with Gasteiger partial charge in [-0.05, 0) is 37.9 Å². The number of nitrogens with two attached hydrogens (primary N) is 1. The number of rotatable bonds is 8. The molecule has 7 rings (SSSR count). The maximum absolute atomic E-state index is 13.4. The van der Waals surface area contributed by atoms with E-state index >= 15 is 0 Å². The van der Waals surface area contributed by atoms with Gasteiger partial charge in [0.05, 0.1) is 53.6 Å². The zero-order valence-corrected chi connectivity index (χ0v) is 25.7. The van der Waals surface area contributed by atoms with Crippen LogP contribution in [0.5, 0.6) is 0 Å². The molecule has 1 spiro atoms. The first kappa shape index (κ1) is 29.9. The number of hydrogen-bond donors (Lipinski definition) is 4. The number of fused-ring (bicyclic) bond motifs is 2. The molecule has 43 heavy (non-hydrogen) atoms. The predicted molar refractivity (Wildman–Crippen MR) is 154 cm³/mol. The van der Waals surface area contributed by atoms with Crippen molar-refractivity contribution in [1.29, 1.82) is 0 Å². The monoisotopic (exact) mass is 602 g/mol. The lowest BCUT2D eigenvalue weighted by Crippen LogP contribution is -2.86. The number of carbonyl (C=O) groups excluding carboxylic acids is 1. The summed E-state index contributed by atoms with van der Waals surface area (Å²) in [6, 6.07) is 6.14. The fourth-order valence-corrected chi connectivity index (χ4v) is 12.0. The number of aliphatic hydroxyl groups is 3. The molecule has 1 saturated heterocycles. The summed E-state index contributed by atoms with van der Waals surface area (Å²) >= 11 is 0. The number of ether oxygens (including phenoxy) is 5. The highest BCUT2D eigenvalue weighted by atomic mass is 16.5. The predicted octanol–water partition coefficient (Wildman–Crippen LogP) is 0.833. The van der Waals surface area contributed by atoms with E-state index in [-0.39, 0.29) is 18.9 Å². The molecule has 1 aromatic carbocycles. The molecule has 1 heterocycles. The third-order valence-electron chi connectivity index (χ3n) is 13.1. The number of methoxy groups -OCH3 is 4. The summed E-state index contributed by atoms with van der Waals surface area (Å²) in [5.74, 6) is -2.01. The van der Waals surface area contributed by atoms with Gasteiger partial charge in [-0.2, -0.15) is 0 Å². The molecule has 13 atom stereocenters. The first-order valence-corrected chi connectivity index (χ1v) is 15.5. The molecule has 0 aromatic heterocycles. The number of anilines is 1. The van der Waals surface area contributed by atoms with Gasteiger partial charge in [-0.3, -0.25) is 4.90 Å². The van der Waals surface area contributed by atoms with E-state index < -0.39 is 75.9 Å². The second-order valence-corrected chi connectivity index (χ2v) is 14.0. The van der Waals surface area contributed by atoms with E-state index in [0.717, 1.165) is 0 Å². The van der Waals surface area contributed by atoms with Gasteiger partial charge < -0.3 is 44.7 Å². The Morgan fingerprint density at radius 2 is 1.74 bits per heavy atom. The van der Waals surface area contributed by atoms with Crippen LogP contribution in [-0.4, -0.2) is 122 Å². The number of para-hydroxylation sites is 1. The maximum Gasteiger partial charge on any atom is 0.340 e. The third-order valence-corrected chi connectivity index (χ3v) is 13.1. The molecule has 11 nitrogen and oxygen atoms in total. The topological polar surface area (TPSA) is 153 Å². The van der Waals surface area contributed by atoms with Crippen molar-refractivity contribution in [1.82, 2.24) is 4.90 Å². The van der Waals surface area contributed by atoms with Crippen molar-refractivity contribution in [2.45, 2.75) is 79.9 Å². The second kappa shape index (κ2) is 9.59. The number of carbonyl (C=O) groups is 1. The van der Waals surface area contributed by atoms with Crippen LogP contribution in [0.25, 0.3) is 0 Å². The van der Waals surface area contributed by atoms with Crippen LogP contribution < -0.4 is 5.73 Å². The van der Waals surface area contributed by atoms with E-state index in [1.807, 2.05) is 6.92 Å². The second-order valence-electron chi connectivity index (χ2n) is 14.0. The Kier molecular flexibility index (Phi) is 6.66. The van der Waals surface area contributed by atoms with Crippen LogP contribution in [0.3, 0.4) is 0 Å². The van der Waals surface area contributed by atoms with Crippen molar-refractivity contribution >= 4 is 11.7 Å². The average molecular weight is 603 g/mol. The molecule has 6 fully saturated rings. The molecule has 6 aliphatic rings. The summed E-state index contributed by atoms with van der Waals surface area (Å²) in [6.45, 7) is 3.10. The van der Waals surface area contributed by atoms with Gasteiger partial charge in [-0.15, -0.1) is 0 Å². The lowest BCUT2D eigenvalue weighted by molar-refractivity contribution is -0.357. The van der Waals surface area contributed by atoms with E-state index in [1.54, 1.807) is 52.7 Å². The van der Waals surface area contributed by atoms with Crippen molar-refractivity contribution in [2.75, 3.05) is 53.9 Å². The minimum Gasteiger partial charge on any atom is -0.461 e. The van der Waals surface area contributed by atoms with E-state index in [1.165, 1.54) is 0 Å². The smallest absolute Gasteiger partial charge is 0.340 e. The molecule has 1 aliphatic heterocycles. The van der Waals surface area contributed by atoms with Crippen LogP contribution in [0.4, 0.5) is 5.69 Å². The maximum atomic E-state index is 13.4. The summed E-state index contributed by atoms with van der Waals surface area (Å²) in [5, 5.41) is 39.8. The first-order valence-electron chi connectivity index (χ1n) is 15.5. The van der Waals surface area contributed by atoms with Gasteiger partial charge in [-0.25, -0.2) is 4.79 Å². The molecule has 7 bridgehead atoms.